The monoisotopic (exact) mass is 332 g/mol. The first-order chi connectivity index (χ1) is 11.1. The molecule has 0 radical (unpaired) electrons. The molecule has 5 nitrogen and oxygen atoms in total. The minimum atomic E-state index is -0.506. The smallest absolute Gasteiger partial charge is 0.228 e. The van der Waals surface area contributed by atoms with Crippen LogP contribution in [0.5, 0.6) is 0 Å². The molecule has 3 N–H and O–H groups in total. The second-order valence-electron chi connectivity index (χ2n) is 6.20. The molecule has 0 saturated carbocycles. The van der Waals surface area contributed by atoms with Crippen molar-refractivity contribution in [2.75, 3.05) is 13.1 Å². The molecule has 1 fully saturated rings. The molecule has 23 heavy (non-hydrogen) atoms. The first kappa shape index (κ1) is 16.0. The first-order valence-corrected chi connectivity index (χ1v) is 8.14. The summed E-state index contributed by atoms with van der Waals surface area (Å²) >= 11 is 5.94. The molecule has 0 amide bonds. The summed E-state index contributed by atoms with van der Waals surface area (Å²) in [6.45, 7) is 1.79. The molecular formula is C17H21ClN4O. The highest BCUT2D eigenvalue weighted by atomic mass is 35.5. The lowest BCUT2D eigenvalue weighted by Crippen LogP contribution is -2.51. The Bertz CT molecular complexity index is 618. The average Bonchev–Trinajstić information content (AvgIpc) is 2.57. The van der Waals surface area contributed by atoms with Crippen molar-refractivity contribution < 1.29 is 4.74 Å². The Balaban J connectivity index is 1.61. The third-order valence-corrected chi connectivity index (χ3v) is 4.74. The van der Waals surface area contributed by atoms with Gasteiger partial charge in [0.2, 0.25) is 6.23 Å². The molecule has 0 aromatic heterocycles. The van der Waals surface area contributed by atoms with Gasteiger partial charge in [-0.05, 0) is 43.0 Å². The number of ether oxygens (including phenoxy) is 1. The fraction of sp³-hybridized carbons (Fsp3) is 0.412. The Morgan fingerprint density at radius 3 is 2.65 bits per heavy atom. The van der Waals surface area contributed by atoms with Crippen LogP contribution in [0.4, 0.5) is 0 Å². The molecule has 1 saturated heterocycles. The highest BCUT2D eigenvalue weighted by Crippen LogP contribution is 2.28. The van der Waals surface area contributed by atoms with Crippen molar-refractivity contribution in [2.45, 2.75) is 31.0 Å². The third-order valence-electron chi connectivity index (χ3n) is 4.49. The average molecular weight is 333 g/mol. The zero-order valence-corrected chi connectivity index (χ0v) is 13.7. The zero-order valence-electron chi connectivity index (χ0n) is 12.9. The van der Waals surface area contributed by atoms with Crippen LogP contribution in [0.2, 0.25) is 5.02 Å². The van der Waals surface area contributed by atoms with Gasteiger partial charge in [-0.1, -0.05) is 23.7 Å². The number of hydrogen-bond acceptors (Lipinski definition) is 5. The van der Waals surface area contributed by atoms with Gasteiger partial charge >= 0.3 is 0 Å². The third kappa shape index (κ3) is 3.92. The Labute approximate surface area is 141 Å². The van der Waals surface area contributed by atoms with Crippen LogP contribution < -0.4 is 5.73 Å². The number of rotatable bonds is 4. The Morgan fingerprint density at radius 1 is 1.30 bits per heavy atom. The van der Waals surface area contributed by atoms with Crippen molar-refractivity contribution in [3.05, 3.63) is 59.0 Å². The van der Waals surface area contributed by atoms with Crippen LogP contribution in [0.3, 0.4) is 0 Å². The van der Waals surface area contributed by atoms with E-state index in [9.17, 15) is 0 Å². The summed E-state index contributed by atoms with van der Waals surface area (Å²) in [5.41, 5.74) is 15.8. The topological polar surface area (TPSA) is 74.7 Å². The van der Waals surface area contributed by atoms with E-state index in [1.54, 1.807) is 6.26 Å². The predicted molar refractivity (Wildman–Crippen MR) is 90.1 cm³/mol. The summed E-state index contributed by atoms with van der Waals surface area (Å²) in [7, 11) is 0. The molecule has 122 valence electrons. The molecular weight excluding hydrogens is 312 g/mol. The largest absolute Gasteiger partial charge is 0.471 e. The highest BCUT2D eigenvalue weighted by Gasteiger charge is 2.31. The van der Waals surface area contributed by atoms with Crippen molar-refractivity contribution in [3.63, 3.8) is 0 Å². The number of nitrogens with one attached hydrogen (secondary N) is 1. The number of likely N-dealkylation sites (tertiary alicyclic amines) is 1. The van der Waals surface area contributed by atoms with E-state index in [0.717, 1.165) is 43.1 Å². The molecule has 1 aromatic carbocycles. The summed E-state index contributed by atoms with van der Waals surface area (Å²) in [5.74, 6) is 0. The van der Waals surface area contributed by atoms with E-state index in [1.807, 2.05) is 36.4 Å². The molecule has 6 heteroatoms. The first-order valence-electron chi connectivity index (χ1n) is 7.77. The number of allylic oxidation sites excluding steroid dienone is 1. The van der Waals surface area contributed by atoms with Crippen LogP contribution in [0.25, 0.3) is 0 Å². The maximum absolute atomic E-state index is 7.08. The van der Waals surface area contributed by atoms with Gasteiger partial charge in [-0.2, -0.15) is 0 Å². The van der Waals surface area contributed by atoms with Crippen LogP contribution >= 0.6 is 11.6 Å². The summed E-state index contributed by atoms with van der Waals surface area (Å²) < 4.78 is 5.20. The van der Waals surface area contributed by atoms with E-state index < -0.39 is 6.23 Å². The van der Waals surface area contributed by atoms with Crippen LogP contribution in [0.15, 0.2) is 53.5 Å². The summed E-state index contributed by atoms with van der Waals surface area (Å²) in [6, 6.07) is 7.93. The van der Waals surface area contributed by atoms with Gasteiger partial charge in [-0.25, -0.2) is 5.53 Å². The lowest BCUT2D eigenvalue weighted by Gasteiger charge is -2.41. The number of halogens is 1. The molecule has 2 heterocycles. The molecule has 1 unspecified atom stereocenters. The van der Waals surface area contributed by atoms with E-state index in [-0.39, 0.29) is 5.54 Å². The number of nitrogens with two attached hydrogens (primary N) is 1. The number of benzene rings is 1. The Hall–Kier alpha value is -1.85. The quantitative estimate of drug-likeness (QED) is 0.829. The molecule has 2 aliphatic rings. The van der Waals surface area contributed by atoms with Gasteiger partial charge in [0.1, 0.15) is 0 Å². The SMILES string of the molecule is N=NC1C=C(N2CCC(N)(Cc3ccc(Cl)cc3)CC2)C=CO1. The molecule has 3 rings (SSSR count). The molecule has 0 spiro atoms. The maximum atomic E-state index is 7.08. The van der Waals surface area contributed by atoms with Crippen LogP contribution in [-0.2, 0) is 11.2 Å². The summed E-state index contributed by atoms with van der Waals surface area (Å²) in [5, 5.41) is 4.17. The van der Waals surface area contributed by atoms with Crippen molar-refractivity contribution >= 4 is 11.6 Å². The van der Waals surface area contributed by atoms with Crippen molar-refractivity contribution in [2.24, 2.45) is 10.8 Å². The number of hydrogen-bond donors (Lipinski definition) is 2. The normalized spacial score (nSPS) is 23.1. The minimum absolute atomic E-state index is 0.182. The van der Waals surface area contributed by atoms with Gasteiger partial charge in [-0.3, -0.25) is 0 Å². The lowest BCUT2D eigenvalue weighted by molar-refractivity contribution is 0.162. The highest BCUT2D eigenvalue weighted by molar-refractivity contribution is 6.30. The van der Waals surface area contributed by atoms with E-state index in [2.05, 4.69) is 10.0 Å². The van der Waals surface area contributed by atoms with E-state index >= 15 is 0 Å². The van der Waals surface area contributed by atoms with Gasteiger partial charge in [-0.15, -0.1) is 5.11 Å². The van der Waals surface area contributed by atoms with Gasteiger partial charge in [0.05, 0.1) is 6.26 Å². The van der Waals surface area contributed by atoms with Crippen LogP contribution in [-0.4, -0.2) is 29.8 Å². The van der Waals surface area contributed by atoms with Crippen molar-refractivity contribution in [1.29, 1.82) is 5.53 Å². The fourth-order valence-electron chi connectivity index (χ4n) is 3.10. The fourth-order valence-corrected chi connectivity index (χ4v) is 3.23. The standard InChI is InChI=1S/C17H21ClN4O/c18-14-3-1-13(2-4-14)12-17(19)6-8-22(9-7-17)15-5-10-23-16(11-15)21-20/h1-5,10-11,16,20H,6-9,12,19H2. The second-order valence-corrected chi connectivity index (χ2v) is 6.64. The second kappa shape index (κ2) is 6.72. The van der Waals surface area contributed by atoms with E-state index in [4.69, 9.17) is 27.6 Å². The summed E-state index contributed by atoms with van der Waals surface area (Å²) in [6.07, 6.45) is 7.60. The summed E-state index contributed by atoms with van der Waals surface area (Å²) in [4.78, 5) is 2.28. The predicted octanol–water partition coefficient (Wildman–Crippen LogP) is 3.46. The Kier molecular flexibility index (Phi) is 4.68. The number of piperidine rings is 1. The maximum Gasteiger partial charge on any atom is 0.228 e. The molecule has 2 aliphatic heterocycles. The Morgan fingerprint density at radius 2 is 2.00 bits per heavy atom. The van der Waals surface area contributed by atoms with Crippen LogP contribution in [0.1, 0.15) is 18.4 Å². The van der Waals surface area contributed by atoms with E-state index in [0.29, 0.717) is 0 Å². The van der Waals surface area contributed by atoms with Crippen molar-refractivity contribution in [3.8, 4) is 0 Å². The van der Waals surface area contributed by atoms with Gasteiger partial charge in [0.25, 0.3) is 0 Å². The molecule has 0 bridgehead atoms. The molecule has 1 atom stereocenters. The zero-order chi connectivity index (χ0) is 16.3. The number of nitrogens with zero attached hydrogens (tertiary/aromatic N) is 2. The van der Waals surface area contributed by atoms with Crippen LogP contribution in [0, 0.1) is 5.53 Å². The molecule has 1 aromatic rings. The van der Waals surface area contributed by atoms with Gasteiger partial charge < -0.3 is 15.4 Å². The van der Waals surface area contributed by atoms with E-state index in [1.165, 1.54) is 5.56 Å². The molecule has 0 aliphatic carbocycles. The minimum Gasteiger partial charge on any atom is -0.471 e. The lowest BCUT2D eigenvalue weighted by atomic mass is 9.82. The van der Waals surface area contributed by atoms with Crippen molar-refractivity contribution in [1.82, 2.24) is 4.90 Å². The van der Waals surface area contributed by atoms with Gasteiger partial charge in [0, 0.05) is 35.4 Å². The van der Waals surface area contributed by atoms with Gasteiger partial charge in [0.15, 0.2) is 0 Å².